The fourth-order valence-electron chi connectivity index (χ4n) is 0. The van der Waals surface area contributed by atoms with Crippen LogP contribution in [0.5, 0.6) is 0 Å². The number of rotatable bonds is 0. The molecule has 0 heterocycles. The molecule has 49 valence electrons. The van der Waals surface area contributed by atoms with Crippen molar-refractivity contribution in [3.05, 3.63) is 14.9 Å². The third-order valence-corrected chi connectivity index (χ3v) is 0. The molecule has 0 saturated carbocycles. The summed E-state index contributed by atoms with van der Waals surface area (Å²) in [6.07, 6.45) is 0. The average Bonchev–Trinajstić information content (AvgIpc) is 0.811. The smallest absolute Gasteiger partial charge is 0.358 e. The predicted molar refractivity (Wildman–Crippen MR) is 38.9 cm³/mol. The zero-order chi connectivity index (χ0) is 3.58. The molecule has 0 aliphatic carbocycles. The van der Waals surface area contributed by atoms with Gasteiger partial charge in [-0.2, -0.15) is 0 Å². The molecule has 0 aromatic heterocycles. The summed E-state index contributed by atoms with van der Waals surface area (Å²) in [7, 11) is 0.120. The maximum Gasteiger partial charge on any atom is 2.00 e. The minimum atomic E-state index is 0. The maximum absolute atomic E-state index is 2.27. The topological polar surface area (TPSA) is 0 Å². The Labute approximate surface area is 62.6 Å². The molecule has 7 heavy (non-hydrogen) atoms. The zero-order valence-corrected chi connectivity index (χ0v) is 8.47. The normalized spacial score (nSPS) is 5.14. The molecule has 0 bridgehead atoms. The van der Waals surface area contributed by atoms with Gasteiger partial charge in [0.1, 0.15) is 0 Å². The Morgan fingerprint density at radius 2 is 0.857 bits per heavy atom. The van der Waals surface area contributed by atoms with Crippen molar-refractivity contribution in [3.8, 4) is 0 Å². The van der Waals surface area contributed by atoms with E-state index in [0.717, 1.165) is 0 Å². The van der Waals surface area contributed by atoms with Gasteiger partial charge in [0.05, 0.1) is 0 Å². The first-order valence-corrected chi connectivity index (χ1v) is 4.50. The van der Waals surface area contributed by atoms with Crippen molar-refractivity contribution in [3.63, 3.8) is 0 Å². The fraction of sp³-hybridized carbons (Fsp3) is 0.600. The van der Waals surface area contributed by atoms with Gasteiger partial charge in [0.25, 0.3) is 0 Å². The fourth-order valence-corrected chi connectivity index (χ4v) is 0. The quantitative estimate of drug-likeness (QED) is 0.326. The molecule has 0 aromatic rings. The van der Waals surface area contributed by atoms with E-state index in [1.807, 2.05) is 0 Å². The average molecular weight is 210 g/mol. The van der Waals surface area contributed by atoms with E-state index in [1.54, 1.807) is 0 Å². The van der Waals surface area contributed by atoms with Crippen LogP contribution in [0.15, 0.2) is 0 Å². The molecule has 0 nitrogen and oxygen atoms in total. The summed E-state index contributed by atoms with van der Waals surface area (Å²) in [4.78, 5) is 0. The second-order valence-corrected chi connectivity index (χ2v) is 4.50. The Morgan fingerprint density at radius 1 is 0.857 bits per heavy atom. The van der Waals surface area contributed by atoms with Crippen molar-refractivity contribution in [2.45, 2.75) is 0 Å². The van der Waals surface area contributed by atoms with E-state index >= 15 is 0 Å². The standard InChI is InChI=1S/C3H9P.2CH3.Rh/c1-4(2)3;;;/h1-3H3;2*1H3;/q;2*-1;+2/p+1. The number of hydrogen-bond donors (Lipinski definition) is 0. The minimum absolute atomic E-state index is 0. The summed E-state index contributed by atoms with van der Waals surface area (Å²) in [6.45, 7) is 6.81. The van der Waals surface area contributed by atoms with Crippen molar-refractivity contribution < 1.29 is 19.5 Å². The first-order valence-electron chi connectivity index (χ1n) is 1.50. The van der Waals surface area contributed by atoms with Crippen LogP contribution in [-0.4, -0.2) is 20.0 Å². The molecule has 2 heteroatoms. The Morgan fingerprint density at radius 3 is 0.857 bits per heavy atom. The van der Waals surface area contributed by atoms with Crippen LogP contribution in [0.1, 0.15) is 0 Å². The molecule has 0 rings (SSSR count). The molecule has 0 aliphatic heterocycles. The Kier molecular flexibility index (Phi) is 54.8. The van der Waals surface area contributed by atoms with Gasteiger partial charge in [-0.1, -0.05) is 0 Å². The SMILES string of the molecule is C[PH+](C)C.[CH3-].[CH3-].[Rh+2]. The summed E-state index contributed by atoms with van der Waals surface area (Å²) < 4.78 is 0. The third kappa shape index (κ3) is 162. The molecule has 0 unspecified atom stereocenters. The van der Waals surface area contributed by atoms with Crippen LogP contribution >= 0.6 is 7.92 Å². The summed E-state index contributed by atoms with van der Waals surface area (Å²) in [5.74, 6) is 0. The van der Waals surface area contributed by atoms with Gasteiger partial charge in [-0.3, -0.25) is 0 Å². The van der Waals surface area contributed by atoms with E-state index in [-0.39, 0.29) is 42.3 Å². The molecule has 0 spiro atoms. The second kappa shape index (κ2) is 15.7. The Balaban J connectivity index is -0.0000000150. The van der Waals surface area contributed by atoms with E-state index in [0.29, 0.717) is 0 Å². The molecule has 0 fully saturated rings. The monoisotopic (exact) mass is 210 g/mol. The van der Waals surface area contributed by atoms with Crippen molar-refractivity contribution >= 4 is 7.92 Å². The van der Waals surface area contributed by atoms with Gasteiger partial charge in [-0.05, 0) is 7.92 Å². The van der Waals surface area contributed by atoms with E-state index < -0.39 is 0 Å². The van der Waals surface area contributed by atoms with E-state index in [4.69, 9.17) is 0 Å². The Bertz CT molecular complexity index is 12.8. The van der Waals surface area contributed by atoms with Crippen LogP contribution in [0.4, 0.5) is 0 Å². The van der Waals surface area contributed by atoms with Gasteiger partial charge in [-0.15, -0.1) is 0 Å². The Hall–Kier alpha value is 1.05. The van der Waals surface area contributed by atoms with Crippen LogP contribution in [0.2, 0.25) is 0 Å². The van der Waals surface area contributed by atoms with Gasteiger partial charge in [0.15, 0.2) is 0 Å². The first-order chi connectivity index (χ1) is 1.73. The van der Waals surface area contributed by atoms with Gasteiger partial charge in [0, 0.05) is 20.0 Å². The van der Waals surface area contributed by atoms with E-state index in [2.05, 4.69) is 20.0 Å². The number of hydrogen-bond acceptors (Lipinski definition) is 0. The van der Waals surface area contributed by atoms with E-state index in [1.165, 1.54) is 0 Å². The van der Waals surface area contributed by atoms with Gasteiger partial charge >= 0.3 is 19.5 Å². The summed E-state index contributed by atoms with van der Waals surface area (Å²) >= 11 is 0. The predicted octanol–water partition coefficient (Wildman–Crippen LogP) is 1.99. The minimum Gasteiger partial charge on any atom is -0.358 e. The third-order valence-electron chi connectivity index (χ3n) is 0. The van der Waals surface area contributed by atoms with Crippen LogP contribution in [0.3, 0.4) is 0 Å². The molecule has 0 aliphatic rings. The molecule has 1 radical (unpaired) electrons. The summed E-state index contributed by atoms with van der Waals surface area (Å²) in [6, 6.07) is 0. The molecular formula is C5H16PRh+. The van der Waals surface area contributed by atoms with Gasteiger partial charge in [-0.25, -0.2) is 0 Å². The first kappa shape index (κ1) is 24.4. The van der Waals surface area contributed by atoms with Gasteiger partial charge < -0.3 is 14.9 Å². The molecule has 0 atom stereocenters. The zero-order valence-electron chi connectivity index (χ0n) is 5.83. The van der Waals surface area contributed by atoms with Crippen LogP contribution < -0.4 is 0 Å². The van der Waals surface area contributed by atoms with Crippen molar-refractivity contribution in [2.75, 3.05) is 20.0 Å². The van der Waals surface area contributed by atoms with Crippen LogP contribution in [0.25, 0.3) is 0 Å². The largest absolute Gasteiger partial charge is 2.00 e. The molecule has 0 aromatic carbocycles. The molecule has 0 saturated heterocycles. The molecule has 0 amide bonds. The summed E-state index contributed by atoms with van der Waals surface area (Å²) in [5.41, 5.74) is 0. The summed E-state index contributed by atoms with van der Waals surface area (Å²) in [5, 5.41) is 0. The van der Waals surface area contributed by atoms with E-state index in [9.17, 15) is 0 Å². The van der Waals surface area contributed by atoms with Crippen molar-refractivity contribution in [1.82, 2.24) is 0 Å². The van der Waals surface area contributed by atoms with Crippen LogP contribution in [0, 0.1) is 14.9 Å². The van der Waals surface area contributed by atoms with Crippen molar-refractivity contribution in [1.29, 1.82) is 0 Å². The van der Waals surface area contributed by atoms with Gasteiger partial charge in [0.2, 0.25) is 0 Å². The maximum atomic E-state index is 2.27. The molecular weight excluding hydrogens is 194 g/mol. The van der Waals surface area contributed by atoms with Crippen LogP contribution in [-0.2, 0) is 19.5 Å². The molecule has 0 N–H and O–H groups in total. The van der Waals surface area contributed by atoms with Crippen molar-refractivity contribution in [2.24, 2.45) is 0 Å². The second-order valence-electron chi connectivity index (χ2n) is 1.50.